The number of nitrogens with one attached hydrogen (secondary N) is 1. The molecule has 1 amide bonds. The molecule has 1 saturated carbocycles. The number of H-pyrrole nitrogens is 1. The molecule has 1 aromatic heterocycles. The maximum absolute atomic E-state index is 12.7. The van der Waals surface area contributed by atoms with Gasteiger partial charge in [-0.05, 0) is 61.9 Å². The summed E-state index contributed by atoms with van der Waals surface area (Å²) in [7, 11) is 3.48. The fourth-order valence-electron chi connectivity index (χ4n) is 3.41. The molecule has 0 radical (unpaired) electrons. The normalized spacial score (nSPS) is 20.3. The van der Waals surface area contributed by atoms with Crippen LogP contribution in [0.3, 0.4) is 0 Å². The first-order valence-electron chi connectivity index (χ1n) is 8.70. The lowest BCUT2D eigenvalue weighted by atomic mass is 9.86. The summed E-state index contributed by atoms with van der Waals surface area (Å²) < 4.78 is 5.16. The van der Waals surface area contributed by atoms with Crippen molar-refractivity contribution in [1.29, 1.82) is 0 Å². The fraction of sp³-hybridized carbons (Fsp3) is 0.474. The van der Waals surface area contributed by atoms with Crippen LogP contribution in [0.15, 0.2) is 30.3 Å². The van der Waals surface area contributed by atoms with Crippen LogP contribution in [-0.2, 0) is 0 Å². The van der Waals surface area contributed by atoms with Crippen molar-refractivity contribution in [2.75, 3.05) is 20.8 Å². The molecular weight excluding hydrogens is 318 g/mol. The quantitative estimate of drug-likeness (QED) is 0.875. The minimum Gasteiger partial charge on any atom is -0.497 e. The molecular formula is C19H25N3O3. The lowest BCUT2D eigenvalue weighted by molar-refractivity contribution is 0.0647. The highest BCUT2D eigenvalue weighted by molar-refractivity contribution is 5.93. The van der Waals surface area contributed by atoms with Crippen LogP contribution in [-0.4, -0.2) is 52.9 Å². The maximum Gasteiger partial charge on any atom is 0.271 e. The van der Waals surface area contributed by atoms with Crippen LogP contribution in [0.1, 0.15) is 36.2 Å². The molecule has 0 saturated heterocycles. The Kier molecular flexibility index (Phi) is 5.38. The van der Waals surface area contributed by atoms with E-state index in [0.29, 0.717) is 11.6 Å². The lowest BCUT2D eigenvalue weighted by Gasteiger charge is -2.33. The number of methoxy groups -OCH3 is 1. The van der Waals surface area contributed by atoms with Gasteiger partial charge in [0.25, 0.3) is 5.91 Å². The van der Waals surface area contributed by atoms with Crippen molar-refractivity contribution in [3.05, 3.63) is 36.0 Å². The van der Waals surface area contributed by atoms with Crippen molar-refractivity contribution in [1.82, 2.24) is 15.1 Å². The van der Waals surface area contributed by atoms with Crippen molar-refractivity contribution in [3.8, 4) is 17.0 Å². The number of carbonyl (C=O) groups is 1. The number of amides is 1. The number of carbonyl (C=O) groups excluding carboxylic acids is 1. The van der Waals surface area contributed by atoms with Gasteiger partial charge in [-0.25, -0.2) is 0 Å². The van der Waals surface area contributed by atoms with E-state index in [9.17, 15) is 9.90 Å². The second kappa shape index (κ2) is 7.70. The Morgan fingerprint density at radius 1 is 1.28 bits per heavy atom. The smallest absolute Gasteiger partial charge is 0.271 e. The molecule has 2 N–H and O–H groups in total. The lowest BCUT2D eigenvalue weighted by Crippen LogP contribution is -2.40. The third-order valence-electron chi connectivity index (χ3n) is 5.14. The van der Waals surface area contributed by atoms with E-state index >= 15 is 0 Å². The van der Waals surface area contributed by atoms with Gasteiger partial charge in [0, 0.05) is 25.3 Å². The predicted octanol–water partition coefficient (Wildman–Crippen LogP) is 2.71. The number of ether oxygens (including phenoxy) is 1. The molecule has 25 heavy (non-hydrogen) atoms. The van der Waals surface area contributed by atoms with E-state index in [0.717, 1.165) is 42.7 Å². The summed E-state index contributed by atoms with van der Waals surface area (Å²) in [6, 6.07) is 9.60. The van der Waals surface area contributed by atoms with E-state index in [1.54, 1.807) is 18.1 Å². The summed E-state index contributed by atoms with van der Waals surface area (Å²) in [4.78, 5) is 14.5. The fourth-order valence-corrected chi connectivity index (χ4v) is 3.41. The Bertz CT molecular complexity index is 703. The van der Waals surface area contributed by atoms with E-state index in [-0.39, 0.29) is 18.6 Å². The first-order chi connectivity index (χ1) is 12.1. The monoisotopic (exact) mass is 343 g/mol. The summed E-state index contributed by atoms with van der Waals surface area (Å²) in [5.41, 5.74) is 2.17. The van der Waals surface area contributed by atoms with E-state index in [2.05, 4.69) is 10.2 Å². The number of hydrogen-bond acceptors (Lipinski definition) is 4. The second-order valence-electron chi connectivity index (χ2n) is 6.67. The summed E-state index contributed by atoms with van der Waals surface area (Å²) in [6.07, 6.45) is 3.82. The van der Waals surface area contributed by atoms with Crippen molar-refractivity contribution < 1.29 is 14.6 Å². The van der Waals surface area contributed by atoms with Crippen LogP contribution in [0.5, 0.6) is 5.75 Å². The van der Waals surface area contributed by atoms with Crippen LogP contribution in [0.25, 0.3) is 11.3 Å². The second-order valence-corrected chi connectivity index (χ2v) is 6.67. The zero-order chi connectivity index (χ0) is 17.8. The Hall–Kier alpha value is -2.34. The van der Waals surface area contributed by atoms with Crippen molar-refractivity contribution >= 4 is 5.91 Å². The maximum atomic E-state index is 12.7. The van der Waals surface area contributed by atoms with Gasteiger partial charge in [-0.2, -0.15) is 5.10 Å². The largest absolute Gasteiger partial charge is 0.497 e. The van der Waals surface area contributed by atoms with Gasteiger partial charge in [-0.15, -0.1) is 0 Å². The average molecular weight is 343 g/mol. The number of hydrogen-bond donors (Lipinski definition) is 2. The third kappa shape index (κ3) is 3.85. The SMILES string of the molecule is COc1ccc(-c2cc(C(=O)N(C)C3CCC(CO)CC3)[nH]n2)cc1. The molecule has 0 atom stereocenters. The number of aromatic amines is 1. The Labute approximate surface area is 147 Å². The molecule has 2 aromatic rings. The molecule has 0 bridgehead atoms. The van der Waals surface area contributed by atoms with Crippen LogP contribution in [0.4, 0.5) is 0 Å². The number of aliphatic hydroxyl groups is 1. The minimum atomic E-state index is -0.0419. The molecule has 6 heteroatoms. The first kappa shape index (κ1) is 17.5. The number of nitrogens with zero attached hydrogens (tertiary/aromatic N) is 2. The highest BCUT2D eigenvalue weighted by Crippen LogP contribution is 2.28. The van der Waals surface area contributed by atoms with Crippen LogP contribution >= 0.6 is 0 Å². The highest BCUT2D eigenvalue weighted by atomic mass is 16.5. The summed E-state index contributed by atoms with van der Waals surface area (Å²) in [6.45, 7) is 0.246. The van der Waals surface area contributed by atoms with Crippen LogP contribution < -0.4 is 4.74 Å². The van der Waals surface area contributed by atoms with Gasteiger partial charge < -0.3 is 14.7 Å². The molecule has 1 fully saturated rings. The number of aromatic nitrogens is 2. The molecule has 3 rings (SSSR count). The molecule has 134 valence electrons. The molecule has 1 aliphatic rings. The van der Waals surface area contributed by atoms with Gasteiger partial charge in [0.2, 0.25) is 0 Å². The van der Waals surface area contributed by atoms with Gasteiger partial charge in [0.15, 0.2) is 0 Å². The standard InChI is InChI=1S/C19H25N3O3/c1-22(15-7-3-13(12-23)4-8-15)19(24)18-11-17(20-21-18)14-5-9-16(25-2)10-6-14/h5-6,9-11,13,15,23H,3-4,7-8,12H2,1-2H3,(H,20,21). The molecule has 1 heterocycles. The molecule has 0 aliphatic heterocycles. The van der Waals surface area contributed by atoms with Crippen molar-refractivity contribution in [3.63, 3.8) is 0 Å². The minimum absolute atomic E-state index is 0.0419. The van der Waals surface area contributed by atoms with E-state index in [4.69, 9.17) is 4.74 Å². The number of aliphatic hydroxyl groups excluding tert-OH is 1. The average Bonchev–Trinajstić information content (AvgIpc) is 3.17. The van der Waals surface area contributed by atoms with Gasteiger partial charge in [-0.1, -0.05) is 0 Å². The topological polar surface area (TPSA) is 78.5 Å². The summed E-state index contributed by atoms with van der Waals surface area (Å²) in [5.74, 6) is 1.13. The Morgan fingerprint density at radius 3 is 2.56 bits per heavy atom. The van der Waals surface area contributed by atoms with Gasteiger partial charge in [0.1, 0.15) is 11.4 Å². The third-order valence-corrected chi connectivity index (χ3v) is 5.14. The van der Waals surface area contributed by atoms with E-state index in [1.165, 1.54) is 0 Å². The van der Waals surface area contributed by atoms with Gasteiger partial charge >= 0.3 is 0 Å². The number of benzene rings is 1. The van der Waals surface area contributed by atoms with Crippen molar-refractivity contribution in [2.45, 2.75) is 31.7 Å². The summed E-state index contributed by atoms with van der Waals surface area (Å²) >= 11 is 0. The Morgan fingerprint density at radius 2 is 1.96 bits per heavy atom. The molecule has 0 unspecified atom stereocenters. The van der Waals surface area contributed by atoms with Crippen LogP contribution in [0.2, 0.25) is 0 Å². The van der Waals surface area contributed by atoms with Crippen molar-refractivity contribution in [2.24, 2.45) is 5.92 Å². The van der Waals surface area contributed by atoms with E-state index < -0.39 is 0 Å². The molecule has 6 nitrogen and oxygen atoms in total. The van der Waals surface area contributed by atoms with E-state index in [1.807, 2.05) is 31.3 Å². The molecule has 1 aliphatic carbocycles. The summed E-state index contributed by atoms with van der Waals surface area (Å²) in [5, 5.41) is 16.4. The predicted molar refractivity (Wildman–Crippen MR) is 95.5 cm³/mol. The van der Waals surface area contributed by atoms with Crippen LogP contribution in [0, 0.1) is 5.92 Å². The van der Waals surface area contributed by atoms with Gasteiger partial charge in [0.05, 0.1) is 12.8 Å². The highest BCUT2D eigenvalue weighted by Gasteiger charge is 2.27. The number of rotatable bonds is 5. The zero-order valence-corrected chi connectivity index (χ0v) is 14.7. The first-order valence-corrected chi connectivity index (χ1v) is 8.70. The molecule has 1 aromatic carbocycles. The molecule has 0 spiro atoms. The Balaban J connectivity index is 1.67. The van der Waals surface area contributed by atoms with Gasteiger partial charge in [-0.3, -0.25) is 9.89 Å². The zero-order valence-electron chi connectivity index (χ0n) is 14.7.